The van der Waals surface area contributed by atoms with Crippen molar-refractivity contribution < 1.29 is 4.42 Å². The Morgan fingerprint density at radius 3 is 2.80 bits per heavy atom. The second-order valence-corrected chi connectivity index (χ2v) is 6.23. The first-order valence-corrected chi connectivity index (χ1v) is 8.44. The molecular formula is C20H22IN3O. The van der Waals surface area contributed by atoms with E-state index in [1.807, 2.05) is 18.2 Å². The SMILES string of the molecule is I.NC(=NCCc1cc2ccccc2o1)Nc1ccc2c(c1)CCC2. The van der Waals surface area contributed by atoms with Crippen LogP contribution in [0.15, 0.2) is 57.9 Å². The van der Waals surface area contributed by atoms with Crippen molar-refractivity contribution in [3.8, 4) is 0 Å². The third-order valence-electron chi connectivity index (χ3n) is 4.49. The lowest BCUT2D eigenvalue weighted by Gasteiger charge is -2.07. The van der Waals surface area contributed by atoms with Gasteiger partial charge in [-0.2, -0.15) is 0 Å². The van der Waals surface area contributed by atoms with Crippen molar-refractivity contribution in [2.24, 2.45) is 10.7 Å². The molecule has 2 aromatic carbocycles. The maximum absolute atomic E-state index is 6.00. The summed E-state index contributed by atoms with van der Waals surface area (Å²) in [5.41, 5.74) is 10.8. The number of hydrogen-bond donors (Lipinski definition) is 2. The second kappa shape index (κ2) is 7.91. The van der Waals surface area contributed by atoms with Gasteiger partial charge >= 0.3 is 0 Å². The molecule has 0 saturated heterocycles. The molecule has 3 aromatic rings. The number of nitrogens with two attached hydrogens (primary N) is 1. The van der Waals surface area contributed by atoms with Crippen LogP contribution < -0.4 is 11.1 Å². The fraction of sp³-hybridized carbons (Fsp3) is 0.250. The van der Waals surface area contributed by atoms with Crippen molar-refractivity contribution in [3.05, 3.63) is 65.4 Å². The zero-order chi connectivity index (χ0) is 16.4. The fourth-order valence-corrected chi connectivity index (χ4v) is 3.28. The van der Waals surface area contributed by atoms with E-state index in [-0.39, 0.29) is 24.0 Å². The maximum Gasteiger partial charge on any atom is 0.193 e. The number of guanidine groups is 1. The first-order chi connectivity index (χ1) is 11.8. The van der Waals surface area contributed by atoms with Gasteiger partial charge in [-0.3, -0.25) is 4.99 Å². The number of aliphatic imine (C=N–C) groups is 1. The van der Waals surface area contributed by atoms with Gasteiger partial charge in [-0.05, 0) is 54.7 Å². The molecule has 4 nitrogen and oxygen atoms in total. The van der Waals surface area contributed by atoms with Gasteiger partial charge in [0.05, 0.1) is 0 Å². The Kier molecular flexibility index (Phi) is 5.63. The van der Waals surface area contributed by atoms with Gasteiger partial charge in [0.15, 0.2) is 5.96 Å². The quantitative estimate of drug-likeness (QED) is 0.352. The highest BCUT2D eigenvalue weighted by atomic mass is 127. The highest BCUT2D eigenvalue weighted by Crippen LogP contribution is 2.24. The molecule has 0 saturated carbocycles. The number of rotatable bonds is 4. The van der Waals surface area contributed by atoms with E-state index < -0.39 is 0 Å². The Hall–Kier alpha value is -2.02. The summed E-state index contributed by atoms with van der Waals surface area (Å²) in [6.45, 7) is 0.601. The highest BCUT2D eigenvalue weighted by Gasteiger charge is 2.10. The predicted octanol–water partition coefficient (Wildman–Crippen LogP) is 4.51. The molecule has 130 valence electrons. The number of nitrogens with zero attached hydrogens (tertiary/aromatic N) is 1. The number of aryl methyl sites for hydroxylation is 2. The molecule has 0 radical (unpaired) electrons. The molecule has 4 rings (SSSR count). The normalized spacial score (nSPS) is 13.5. The lowest BCUT2D eigenvalue weighted by Crippen LogP contribution is -2.23. The number of anilines is 1. The largest absolute Gasteiger partial charge is 0.461 e. The highest BCUT2D eigenvalue weighted by molar-refractivity contribution is 14.0. The predicted molar refractivity (Wildman–Crippen MR) is 114 cm³/mol. The first kappa shape index (κ1) is 17.8. The van der Waals surface area contributed by atoms with Crippen LogP contribution in [-0.4, -0.2) is 12.5 Å². The standard InChI is InChI=1S/C20H21N3O.HI/c21-20(23-17-9-8-14-5-3-6-15(14)12-17)22-11-10-18-13-16-4-1-2-7-19(16)24-18;/h1-2,4,7-9,12-13H,3,5-6,10-11H2,(H3,21,22,23);1H. The number of para-hydroxylation sites is 1. The van der Waals surface area contributed by atoms with Crippen molar-refractivity contribution in [2.75, 3.05) is 11.9 Å². The molecule has 0 spiro atoms. The number of benzene rings is 2. The molecule has 0 fully saturated rings. The van der Waals surface area contributed by atoms with E-state index in [0.717, 1.165) is 35.3 Å². The van der Waals surface area contributed by atoms with E-state index in [0.29, 0.717) is 12.5 Å². The maximum atomic E-state index is 6.00. The van der Waals surface area contributed by atoms with Crippen molar-refractivity contribution in [3.63, 3.8) is 0 Å². The van der Waals surface area contributed by atoms with Crippen molar-refractivity contribution in [1.82, 2.24) is 0 Å². The molecule has 0 atom stereocenters. The minimum Gasteiger partial charge on any atom is -0.461 e. The zero-order valence-electron chi connectivity index (χ0n) is 14.0. The molecule has 0 unspecified atom stereocenters. The van der Waals surface area contributed by atoms with E-state index in [9.17, 15) is 0 Å². The van der Waals surface area contributed by atoms with Crippen molar-refractivity contribution in [1.29, 1.82) is 0 Å². The summed E-state index contributed by atoms with van der Waals surface area (Å²) in [6.07, 6.45) is 4.34. The van der Waals surface area contributed by atoms with E-state index in [4.69, 9.17) is 10.2 Å². The average molecular weight is 447 g/mol. The number of nitrogens with one attached hydrogen (secondary N) is 1. The van der Waals surface area contributed by atoms with Crippen LogP contribution in [0, 0.1) is 0 Å². The third kappa shape index (κ3) is 4.15. The molecule has 3 N–H and O–H groups in total. The molecule has 0 aliphatic heterocycles. The summed E-state index contributed by atoms with van der Waals surface area (Å²) in [4.78, 5) is 4.40. The van der Waals surface area contributed by atoms with Crippen molar-refractivity contribution >= 4 is 46.6 Å². The van der Waals surface area contributed by atoms with Crippen LogP contribution in [0.3, 0.4) is 0 Å². The molecule has 1 aromatic heterocycles. The van der Waals surface area contributed by atoms with Gasteiger partial charge in [-0.1, -0.05) is 24.3 Å². The molecule has 1 heterocycles. The van der Waals surface area contributed by atoms with Crippen LogP contribution in [0.2, 0.25) is 0 Å². The van der Waals surface area contributed by atoms with E-state index in [1.54, 1.807) is 0 Å². The monoisotopic (exact) mass is 447 g/mol. The summed E-state index contributed by atoms with van der Waals surface area (Å²) in [6, 6.07) is 16.5. The Bertz CT molecular complexity index is 868. The Labute approximate surface area is 164 Å². The van der Waals surface area contributed by atoms with Crippen LogP contribution in [0.4, 0.5) is 5.69 Å². The number of hydrogen-bond acceptors (Lipinski definition) is 2. The summed E-state index contributed by atoms with van der Waals surface area (Å²) in [5, 5.41) is 4.31. The molecule has 1 aliphatic carbocycles. The van der Waals surface area contributed by atoms with Crippen LogP contribution in [0.5, 0.6) is 0 Å². The molecule has 25 heavy (non-hydrogen) atoms. The fourth-order valence-electron chi connectivity index (χ4n) is 3.28. The number of halogens is 1. The molecule has 1 aliphatic rings. The summed E-state index contributed by atoms with van der Waals surface area (Å²) >= 11 is 0. The van der Waals surface area contributed by atoms with Crippen LogP contribution >= 0.6 is 24.0 Å². The number of fused-ring (bicyclic) bond motifs is 2. The van der Waals surface area contributed by atoms with Gasteiger partial charge in [-0.25, -0.2) is 0 Å². The van der Waals surface area contributed by atoms with Gasteiger partial charge in [0, 0.05) is 24.0 Å². The van der Waals surface area contributed by atoms with Crippen molar-refractivity contribution in [2.45, 2.75) is 25.7 Å². The zero-order valence-corrected chi connectivity index (χ0v) is 16.3. The minimum atomic E-state index is 0. The molecule has 0 bridgehead atoms. The lowest BCUT2D eigenvalue weighted by molar-refractivity contribution is 0.550. The van der Waals surface area contributed by atoms with Gasteiger partial charge in [0.1, 0.15) is 11.3 Å². The summed E-state index contributed by atoms with van der Waals surface area (Å²) in [7, 11) is 0. The van der Waals surface area contributed by atoms with E-state index >= 15 is 0 Å². The van der Waals surface area contributed by atoms with Gasteiger partial charge in [-0.15, -0.1) is 24.0 Å². The first-order valence-electron chi connectivity index (χ1n) is 8.44. The second-order valence-electron chi connectivity index (χ2n) is 6.23. The third-order valence-corrected chi connectivity index (χ3v) is 4.49. The Morgan fingerprint density at radius 2 is 1.92 bits per heavy atom. The minimum absolute atomic E-state index is 0. The lowest BCUT2D eigenvalue weighted by atomic mass is 10.1. The molecule has 0 amide bonds. The Balaban J connectivity index is 0.00000182. The van der Waals surface area contributed by atoms with Crippen LogP contribution in [0.25, 0.3) is 11.0 Å². The van der Waals surface area contributed by atoms with Crippen LogP contribution in [-0.2, 0) is 19.3 Å². The molecular weight excluding hydrogens is 425 g/mol. The topological polar surface area (TPSA) is 63.5 Å². The Morgan fingerprint density at radius 1 is 1.08 bits per heavy atom. The summed E-state index contributed by atoms with van der Waals surface area (Å²) < 4.78 is 5.79. The smallest absolute Gasteiger partial charge is 0.193 e. The van der Waals surface area contributed by atoms with Gasteiger partial charge in [0.25, 0.3) is 0 Å². The van der Waals surface area contributed by atoms with Crippen LogP contribution in [0.1, 0.15) is 23.3 Å². The number of furan rings is 1. The van der Waals surface area contributed by atoms with Gasteiger partial charge in [0.2, 0.25) is 0 Å². The van der Waals surface area contributed by atoms with E-state index in [1.165, 1.54) is 24.0 Å². The van der Waals surface area contributed by atoms with E-state index in [2.05, 4.69) is 40.6 Å². The summed E-state index contributed by atoms with van der Waals surface area (Å²) in [5.74, 6) is 1.38. The average Bonchev–Trinajstić information content (AvgIpc) is 3.20. The van der Waals surface area contributed by atoms with Gasteiger partial charge < -0.3 is 15.5 Å². The molecule has 5 heteroatoms.